The van der Waals surface area contributed by atoms with E-state index in [1.807, 2.05) is 61.6 Å². The van der Waals surface area contributed by atoms with Crippen LogP contribution in [0.1, 0.15) is 12.5 Å². The van der Waals surface area contributed by atoms with Crippen LogP contribution in [0.15, 0.2) is 96.7 Å². The van der Waals surface area contributed by atoms with Crippen LogP contribution in [0.2, 0.25) is 0 Å². The summed E-state index contributed by atoms with van der Waals surface area (Å²) < 4.78 is 0. The fourth-order valence-corrected chi connectivity index (χ4v) is 1.45. The van der Waals surface area contributed by atoms with Gasteiger partial charge >= 0.3 is 0 Å². The first-order chi connectivity index (χ1) is 9.17. The van der Waals surface area contributed by atoms with Gasteiger partial charge in [-0.2, -0.15) is 0 Å². The molecular weight excluding hydrogens is 230 g/mol. The highest BCUT2D eigenvalue weighted by Gasteiger charge is 1.99. The number of benzene rings is 1. The van der Waals surface area contributed by atoms with Crippen LogP contribution in [0.3, 0.4) is 0 Å². The normalized spacial score (nSPS) is 11.9. The largest absolute Gasteiger partial charge is 0.249 e. The average Bonchev–Trinajstić information content (AvgIpc) is 2.44. The molecular formula is C18H19N. The topological polar surface area (TPSA) is 12.4 Å². The molecule has 0 aliphatic rings. The molecule has 19 heavy (non-hydrogen) atoms. The quantitative estimate of drug-likeness (QED) is 0.504. The molecule has 0 saturated carbocycles. The monoisotopic (exact) mass is 249 g/mol. The van der Waals surface area contributed by atoms with Gasteiger partial charge in [-0.3, -0.25) is 0 Å². The van der Waals surface area contributed by atoms with Crippen molar-refractivity contribution < 1.29 is 0 Å². The maximum atomic E-state index is 4.52. The van der Waals surface area contributed by atoms with Crippen molar-refractivity contribution in [1.29, 1.82) is 0 Å². The Morgan fingerprint density at radius 2 is 1.74 bits per heavy atom. The smallest absolute Gasteiger partial charge is 0.0709 e. The minimum absolute atomic E-state index is 0.718. The van der Waals surface area contributed by atoms with Crippen molar-refractivity contribution in [1.82, 2.24) is 0 Å². The van der Waals surface area contributed by atoms with Crippen LogP contribution in [-0.4, -0.2) is 5.71 Å². The molecule has 0 aliphatic carbocycles. The predicted molar refractivity (Wildman–Crippen MR) is 85.4 cm³/mol. The van der Waals surface area contributed by atoms with Crippen LogP contribution >= 0.6 is 0 Å². The second-order valence-electron chi connectivity index (χ2n) is 3.97. The number of hydrogen-bond donors (Lipinski definition) is 0. The van der Waals surface area contributed by atoms with Gasteiger partial charge in [-0.1, -0.05) is 68.3 Å². The van der Waals surface area contributed by atoms with Crippen molar-refractivity contribution in [2.24, 2.45) is 4.99 Å². The molecule has 0 amide bonds. The summed E-state index contributed by atoms with van der Waals surface area (Å²) in [6, 6.07) is 9.98. The van der Waals surface area contributed by atoms with Gasteiger partial charge < -0.3 is 0 Å². The summed E-state index contributed by atoms with van der Waals surface area (Å²) in [5.41, 5.74) is 3.46. The van der Waals surface area contributed by atoms with Gasteiger partial charge in [0.1, 0.15) is 0 Å². The van der Waals surface area contributed by atoms with Crippen LogP contribution in [0.25, 0.3) is 0 Å². The van der Waals surface area contributed by atoms with E-state index < -0.39 is 0 Å². The molecule has 0 radical (unpaired) electrons. The number of rotatable bonds is 6. The molecule has 0 bridgehead atoms. The Morgan fingerprint density at radius 1 is 1.05 bits per heavy atom. The highest BCUT2D eigenvalue weighted by molar-refractivity contribution is 6.09. The summed E-state index contributed by atoms with van der Waals surface area (Å²) in [4.78, 5) is 4.52. The zero-order valence-electron chi connectivity index (χ0n) is 11.3. The third kappa shape index (κ3) is 5.17. The van der Waals surface area contributed by atoms with Crippen molar-refractivity contribution in [2.75, 3.05) is 0 Å². The lowest BCUT2D eigenvalue weighted by Gasteiger charge is -2.02. The van der Waals surface area contributed by atoms with Crippen molar-refractivity contribution in [2.45, 2.75) is 6.92 Å². The molecule has 0 atom stereocenters. The van der Waals surface area contributed by atoms with E-state index in [2.05, 4.69) is 24.7 Å². The molecule has 0 heterocycles. The first kappa shape index (κ1) is 14.7. The van der Waals surface area contributed by atoms with Crippen LogP contribution in [0.4, 0.5) is 0 Å². The van der Waals surface area contributed by atoms with E-state index in [1.54, 1.807) is 6.08 Å². The summed E-state index contributed by atoms with van der Waals surface area (Å²) in [6.07, 6.45) is 9.32. The molecule has 1 rings (SSSR count). The van der Waals surface area contributed by atoms with E-state index in [9.17, 15) is 0 Å². The standard InChI is InChI=1S/C18H19N/c1-5-10-16(4)19-18(14-13-15(3)6-2)17-11-8-7-9-12-17/h5-14H,2-4H2,1H3/b10-5-,14-13-,19-18?. The van der Waals surface area contributed by atoms with Crippen LogP contribution in [0, 0.1) is 0 Å². The molecule has 0 spiro atoms. The second-order valence-corrected chi connectivity index (χ2v) is 3.97. The molecule has 0 saturated heterocycles. The van der Waals surface area contributed by atoms with E-state index in [0.717, 1.165) is 22.5 Å². The van der Waals surface area contributed by atoms with Gasteiger partial charge in [0.25, 0.3) is 0 Å². The molecule has 0 aliphatic heterocycles. The van der Waals surface area contributed by atoms with Crippen LogP contribution in [-0.2, 0) is 0 Å². The molecule has 0 N–H and O–H groups in total. The summed E-state index contributed by atoms with van der Waals surface area (Å²) in [5.74, 6) is 0. The molecule has 0 unspecified atom stereocenters. The third-order valence-corrected chi connectivity index (χ3v) is 2.41. The van der Waals surface area contributed by atoms with E-state index >= 15 is 0 Å². The molecule has 96 valence electrons. The first-order valence-corrected chi connectivity index (χ1v) is 6.12. The first-order valence-electron chi connectivity index (χ1n) is 6.12. The number of allylic oxidation sites excluding steroid dienone is 6. The van der Waals surface area contributed by atoms with Crippen molar-refractivity contribution in [3.8, 4) is 0 Å². The summed E-state index contributed by atoms with van der Waals surface area (Å²) in [7, 11) is 0. The van der Waals surface area contributed by atoms with E-state index in [4.69, 9.17) is 0 Å². The van der Waals surface area contributed by atoms with Crippen molar-refractivity contribution in [3.05, 3.63) is 97.3 Å². The Balaban J connectivity index is 3.11. The number of aliphatic imine (C=N–C) groups is 1. The number of hydrogen-bond acceptors (Lipinski definition) is 1. The van der Waals surface area contributed by atoms with Crippen molar-refractivity contribution in [3.63, 3.8) is 0 Å². The lowest BCUT2D eigenvalue weighted by Crippen LogP contribution is -1.97. The second kappa shape index (κ2) is 7.83. The Morgan fingerprint density at radius 3 is 2.32 bits per heavy atom. The molecule has 1 aromatic rings. The minimum Gasteiger partial charge on any atom is -0.249 e. The zero-order valence-corrected chi connectivity index (χ0v) is 11.3. The van der Waals surface area contributed by atoms with Crippen LogP contribution < -0.4 is 0 Å². The zero-order chi connectivity index (χ0) is 14.1. The average molecular weight is 249 g/mol. The highest BCUT2D eigenvalue weighted by atomic mass is 14.7. The van der Waals surface area contributed by atoms with Gasteiger partial charge in [0.05, 0.1) is 11.4 Å². The minimum atomic E-state index is 0.718. The van der Waals surface area contributed by atoms with Gasteiger partial charge in [-0.15, -0.1) is 0 Å². The van der Waals surface area contributed by atoms with Gasteiger partial charge in [0, 0.05) is 5.56 Å². The van der Waals surface area contributed by atoms with E-state index in [0.29, 0.717) is 0 Å². The molecule has 1 nitrogen and oxygen atoms in total. The molecule has 1 heteroatoms. The van der Waals surface area contributed by atoms with Gasteiger partial charge in [0.2, 0.25) is 0 Å². The maximum Gasteiger partial charge on any atom is 0.0709 e. The fraction of sp³-hybridized carbons (Fsp3) is 0.0556. The Bertz CT molecular complexity index is 542. The molecule has 0 aromatic heterocycles. The fourth-order valence-electron chi connectivity index (χ4n) is 1.45. The molecule has 0 fully saturated rings. The Labute approximate surface area is 115 Å². The summed E-state index contributed by atoms with van der Waals surface area (Å²) in [5, 5.41) is 0. The van der Waals surface area contributed by atoms with Gasteiger partial charge in [0.15, 0.2) is 0 Å². The lowest BCUT2D eigenvalue weighted by atomic mass is 10.1. The van der Waals surface area contributed by atoms with Crippen molar-refractivity contribution >= 4 is 5.71 Å². The van der Waals surface area contributed by atoms with Gasteiger partial charge in [-0.05, 0) is 24.6 Å². The Kier molecular flexibility index (Phi) is 6.04. The maximum absolute atomic E-state index is 4.52. The number of nitrogens with zero attached hydrogens (tertiary/aromatic N) is 1. The molecule has 1 aromatic carbocycles. The van der Waals surface area contributed by atoms with E-state index in [-0.39, 0.29) is 0 Å². The third-order valence-electron chi connectivity index (χ3n) is 2.41. The highest BCUT2D eigenvalue weighted by Crippen LogP contribution is 2.08. The summed E-state index contributed by atoms with van der Waals surface area (Å²) in [6.45, 7) is 13.4. The Hall–Kier alpha value is -2.41. The predicted octanol–water partition coefficient (Wildman–Crippen LogP) is 4.86. The SMILES string of the molecule is C=CC(=C)/C=C\C(=NC(=C)/C=C\C)c1ccccc1. The van der Waals surface area contributed by atoms with Crippen LogP contribution in [0.5, 0.6) is 0 Å². The summed E-state index contributed by atoms with van der Waals surface area (Å²) >= 11 is 0. The van der Waals surface area contributed by atoms with E-state index in [1.165, 1.54) is 0 Å². The lowest BCUT2D eigenvalue weighted by molar-refractivity contribution is 1.41. The van der Waals surface area contributed by atoms with Gasteiger partial charge in [-0.25, -0.2) is 4.99 Å².